The fraction of sp³-hybridized carbons (Fsp3) is 0.143. The molecule has 1 unspecified atom stereocenters. The maximum atomic E-state index is 12.6. The van der Waals surface area contributed by atoms with E-state index in [0.717, 1.165) is 23.2 Å². The Bertz CT molecular complexity index is 1080. The third-order valence-electron chi connectivity index (χ3n) is 4.72. The van der Waals surface area contributed by atoms with Gasteiger partial charge in [0.2, 0.25) is 0 Å². The number of anilines is 1. The van der Waals surface area contributed by atoms with Gasteiger partial charge in [-0.15, -0.1) is 0 Å². The molecule has 1 aliphatic rings. The molecule has 4 nitrogen and oxygen atoms in total. The lowest BCUT2D eigenvalue weighted by Crippen LogP contribution is -2.24. The first-order valence-corrected chi connectivity index (χ1v) is 9.06. The number of fused-ring (bicyclic) bond motifs is 1. The number of rotatable bonds is 3. The molecule has 0 amide bonds. The number of benzene rings is 2. The van der Waals surface area contributed by atoms with Crippen molar-refractivity contribution in [1.82, 2.24) is 9.97 Å². The molecular formula is C21H19N3OS. The van der Waals surface area contributed by atoms with Gasteiger partial charge in [-0.1, -0.05) is 61.5 Å². The molecule has 0 fully saturated rings. The SMILES string of the molecule is CCc1ccc(C2C=C(c3ccccc3)Nc3[nH]c(=S)[nH]c(=O)c32)cc1. The largest absolute Gasteiger partial charge is 0.341 e. The Morgan fingerprint density at radius 2 is 1.73 bits per heavy atom. The van der Waals surface area contributed by atoms with E-state index < -0.39 is 0 Å². The van der Waals surface area contributed by atoms with E-state index in [4.69, 9.17) is 12.2 Å². The average molecular weight is 361 g/mol. The molecule has 0 radical (unpaired) electrons. The minimum atomic E-state index is -0.163. The van der Waals surface area contributed by atoms with Crippen molar-refractivity contribution >= 4 is 23.7 Å². The van der Waals surface area contributed by atoms with Crippen molar-refractivity contribution in [3.63, 3.8) is 0 Å². The van der Waals surface area contributed by atoms with Crippen LogP contribution in [0.15, 0.2) is 65.5 Å². The lowest BCUT2D eigenvalue weighted by Gasteiger charge is -2.25. The van der Waals surface area contributed by atoms with Crippen LogP contribution >= 0.6 is 12.2 Å². The van der Waals surface area contributed by atoms with E-state index in [1.54, 1.807) is 0 Å². The molecule has 0 saturated heterocycles. The molecular weight excluding hydrogens is 342 g/mol. The number of nitrogens with one attached hydrogen (secondary N) is 3. The molecule has 26 heavy (non-hydrogen) atoms. The Morgan fingerprint density at radius 3 is 2.42 bits per heavy atom. The van der Waals surface area contributed by atoms with Crippen LogP contribution < -0.4 is 10.9 Å². The molecule has 5 heteroatoms. The van der Waals surface area contributed by atoms with Crippen LogP contribution in [0.2, 0.25) is 0 Å². The van der Waals surface area contributed by atoms with Crippen LogP contribution in [0.4, 0.5) is 5.82 Å². The second kappa shape index (κ2) is 6.77. The molecule has 0 aliphatic carbocycles. The van der Waals surface area contributed by atoms with Gasteiger partial charge in [0.15, 0.2) is 4.77 Å². The van der Waals surface area contributed by atoms with Gasteiger partial charge in [0, 0.05) is 11.6 Å². The van der Waals surface area contributed by atoms with E-state index in [0.29, 0.717) is 16.2 Å². The summed E-state index contributed by atoms with van der Waals surface area (Å²) in [7, 11) is 0. The number of H-pyrrole nitrogens is 2. The van der Waals surface area contributed by atoms with Gasteiger partial charge in [0.1, 0.15) is 5.82 Å². The van der Waals surface area contributed by atoms with E-state index in [2.05, 4.69) is 52.5 Å². The number of allylic oxidation sites excluding steroid dienone is 1. The summed E-state index contributed by atoms with van der Waals surface area (Å²) in [5, 5.41) is 3.34. The highest BCUT2D eigenvalue weighted by molar-refractivity contribution is 7.71. The van der Waals surface area contributed by atoms with Crippen molar-refractivity contribution < 1.29 is 0 Å². The molecule has 4 rings (SSSR count). The van der Waals surface area contributed by atoms with E-state index in [1.165, 1.54) is 5.56 Å². The van der Waals surface area contributed by atoms with Gasteiger partial charge in [-0.25, -0.2) is 0 Å². The molecule has 0 spiro atoms. The summed E-state index contributed by atoms with van der Waals surface area (Å²) in [5.41, 5.74) is 4.87. The van der Waals surface area contributed by atoms with Gasteiger partial charge >= 0.3 is 0 Å². The smallest absolute Gasteiger partial charge is 0.257 e. The Hall–Kier alpha value is -2.92. The third-order valence-corrected chi connectivity index (χ3v) is 4.92. The molecule has 3 N–H and O–H groups in total. The summed E-state index contributed by atoms with van der Waals surface area (Å²) in [4.78, 5) is 18.4. The second-order valence-corrected chi connectivity index (χ2v) is 6.75. The summed E-state index contributed by atoms with van der Waals surface area (Å²) in [6.07, 6.45) is 3.09. The van der Waals surface area contributed by atoms with Gasteiger partial charge in [-0.05, 0) is 41.4 Å². The minimum absolute atomic E-state index is 0.150. The fourth-order valence-electron chi connectivity index (χ4n) is 3.33. The predicted molar refractivity (Wildman–Crippen MR) is 108 cm³/mol. The summed E-state index contributed by atoms with van der Waals surface area (Å²) in [6, 6.07) is 18.5. The highest BCUT2D eigenvalue weighted by atomic mass is 32.1. The lowest BCUT2D eigenvalue weighted by molar-refractivity contribution is 0.928. The first-order chi connectivity index (χ1) is 12.7. The van der Waals surface area contributed by atoms with Crippen LogP contribution in [0.25, 0.3) is 5.70 Å². The van der Waals surface area contributed by atoms with Crippen LogP contribution in [0.1, 0.15) is 35.1 Å². The molecule has 0 saturated carbocycles. The molecule has 0 bridgehead atoms. The molecule has 1 aliphatic heterocycles. The normalized spacial score (nSPS) is 15.7. The van der Waals surface area contributed by atoms with Crippen LogP contribution in [0, 0.1) is 4.77 Å². The number of hydrogen-bond acceptors (Lipinski definition) is 3. The maximum absolute atomic E-state index is 12.6. The van der Waals surface area contributed by atoms with E-state index in [-0.39, 0.29) is 11.5 Å². The molecule has 1 atom stereocenters. The second-order valence-electron chi connectivity index (χ2n) is 6.34. The molecule has 3 aromatic rings. The van der Waals surface area contributed by atoms with Crippen molar-refractivity contribution in [2.75, 3.05) is 5.32 Å². The molecule has 1 aromatic heterocycles. The Kier molecular flexibility index (Phi) is 4.31. The standard InChI is InChI=1S/C21H19N3OS/c1-2-13-8-10-14(11-9-13)16-12-17(15-6-4-3-5-7-15)22-19-18(16)20(25)24-21(26)23-19/h3-12,16H,2H2,1H3,(H3,22,23,24,25,26). The number of hydrogen-bond donors (Lipinski definition) is 3. The zero-order valence-corrected chi connectivity index (χ0v) is 15.2. The number of aryl methyl sites for hydroxylation is 1. The van der Waals surface area contributed by atoms with E-state index >= 15 is 0 Å². The van der Waals surface area contributed by atoms with Crippen LogP contribution in [-0.2, 0) is 6.42 Å². The van der Waals surface area contributed by atoms with Crippen molar-refractivity contribution in [1.29, 1.82) is 0 Å². The Labute approximate surface area is 156 Å². The number of aromatic amines is 2. The zero-order chi connectivity index (χ0) is 18.1. The van der Waals surface area contributed by atoms with Crippen LogP contribution in [0.3, 0.4) is 0 Å². The highest BCUT2D eigenvalue weighted by Crippen LogP contribution is 2.36. The van der Waals surface area contributed by atoms with Crippen LogP contribution in [0.5, 0.6) is 0 Å². The summed E-state index contributed by atoms with van der Waals surface area (Å²) < 4.78 is 0.315. The van der Waals surface area contributed by atoms with Crippen molar-refractivity contribution in [2.45, 2.75) is 19.3 Å². The topological polar surface area (TPSA) is 60.7 Å². The van der Waals surface area contributed by atoms with Crippen molar-refractivity contribution in [3.8, 4) is 0 Å². The molecule has 2 aromatic carbocycles. The lowest BCUT2D eigenvalue weighted by atomic mass is 9.87. The van der Waals surface area contributed by atoms with Gasteiger partial charge in [0.25, 0.3) is 5.56 Å². The van der Waals surface area contributed by atoms with Crippen molar-refractivity contribution in [2.24, 2.45) is 0 Å². The summed E-state index contributed by atoms with van der Waals surface area (Å²) in [5.74, 6) is 0.507. The predicted octanol–water partition coefficient (Wildman–Crippen LogP) is 4.59. The highest BCUT2D eigenvalue weighted by Gasteiger charge is 2.26. The van der Waals surface area contributed by atoms with Crippen molar-refractivity contribution in [3.05, 3.63) is 98.1 Å². The Morgan fingerprint density at radius 1 is 1.00 bits per heavy atom. The quantitative estimate of drug-likeness (QED) is 0.598. The molecule has 130 valence electrons. The number of aromatic nitrogens is 2. The minimum Gasteiger partial charge on any atom is -0.341 e. The van der Waals surface area contributed by atoms with Gasteiger partial charge in [-0.3, -0.25) is 9.78 Å². The first-order valence-electron chi connectivity index (χ1n) is 8.65. The van der Waals surface area contributed by atoms with Gasteiger partial charge in [-0.2, -0.15) is 0 Å². The van der Waals surface area contributed by atoms with Crippen LogP contribution in [-0.4, -0.2) is 9.97 Å². The third kappa shape index (κ3) is 3.02. The summed E-state index contributed by atoms with van der Waals surface area (Å²) >= 11 is 5.16. The van der Waals surface area contributed by atoms with Gasteiger partial charge in [0.05, 0.1) is 5.56 Å². The zero-order valence-electron chi connectivity index (χ0n) is 14.4. The monoisotopic (exact) mass is 361 g/mol. The fourth-order valence-corrected chi connectivity index (χ4v) is 3.52. The summed E-state index contributed by atoms with van der Waals surface area (Å²) in [6.45, 7) is 2.13. The van der Waals surface area contributed by atoms with E-state index in [9.17, 15) is 4.79 Å². The molecule has 2 heterocycles. The van der Waals surface area contributed by atoms with Gasteiger partial charge < -0.3 is 10.3 Å². The van der Waals surface area contributed by atoms with E-state index in [1.807, 2.05) is 30.3 Å². The maximum Gasteiger partial charge on any atom is 0.257 e. The first kappa shape index (κ1) is 16.5. The average Bonchev–Trinajstić information content (AvgIpc) is 2.67. The Balaban J connectivity index is 1.90.